The monoisotopic (exact) mass is 294 g/mol. The zero-order valence-electron chi connectivity index (χ0n) is 9.40. The van der Waals surface area contributed by atoms with Crippen LogP contribution in [0, 0.1) is 5.82 Å². The minimum atomic E-state index is -4.07. The molecule has 0 amide bonds. The zero-order chi connectivity index (χ0) is 13.3. The molecule has 2 rings (SSSR count). The number of sulfonamides is 1. The van der Waals surface area contributed by atoms with Gasteiger partial charge in [0.15, 0.2) is 5.82 Å². The van der Waals surface area contributed by atoms with Gasteiger partial charge in [0.25, 0.3) is 10.0 Å². The summed E-state index contributed by atoms with van der Waals surface area (Å²) in [6.45, 7) is 0.477. The Morgan fingerprint density at radius 2 is 2.11 bits per heavy atom. The van der Waals surface area contributed by atoms with Crippen molar-refractivity contribution in [1.82, 2.24) is 4.47 Å². The second-order valence-corrected chi connectivity index (χ2v) is 6.11. The Bertz CT molecular complexity index is 558. The summed E-state index contributed by atoms with van der Waals surface area (Å²) in [4.78, 5) is 4.47. The molecule has 1 aromatic carbocycles. The lowest BCUT2D eigenvalue weighted by Gasteiger charge is -2.25. The Morgan fingerprint density at radius 3 is 2.72 bits per heavy atom. The lowest BCUT2D eigenvalue weighted by Crippen LogP contribution is -2.36. The minimum absolute atomic E-state index is 0.0597. The molecule has 18 heavy (non-hydrogen) atoms. The molecule has 1 aliphatic rings. The van der Waals surface area contributed by atoms with Gasteiger partial charge in [-0.25, -0.2) is 12.8 Å². The summed E-state index contributed by atoms with van der Waals surface area (Å²) in [6.07, 6.45) is 1.43. The number of hydrogen-bond donors (Lipinski definition) is 1. The van der Waals surface area contributed by atoms with Gasteiger partial charge in [-0.2, -0.15) is 0 Å². The Labute approximate surface area is 109 Å². The van der Waals surface area contributed by atoms with Crippen LogP contribution >= 0.6 is 11.6 Å². The summed E-state index contributed by atoms with van der Waals surface area (Å²) in [5.41, 5.74) is 5.06. The topological polar surface area (TPSA) is 72.6 Å². The molecule has 1 aliphatic heterocycles. The molecule has 0 bridgehead atoms. The first-order valence-electron chi connectivity index (χ1n) is 5.33. The van der Waals surface area contributed by atoms with Crippen LogP contribution in [-0.4, -0.2) is 26.0 Å². The van der Waals surface area contributed by atoms with Gasteiger partial charge in [0.1, 0.15) is 4.90 Å². The number of hydroxylamine groups is 1. The van der Waals surface area contributed by atoms with Crippen LogP contribution in [0.2, 0.25) is 5.02 Å². The number of nitrogen functional groups attached to an aromatic ring is 1. The predicted octanol–water partition coefficient (Wildman–Crippen LogP) is 1.78. The first kappa shape index (κ1) is 13.5. The summed E-state index contributed by atoms with van der Waals surface area (Å²) >= 11 is 5.70. The molecule has 0 radical (unpaired) electrons. The van der Waals surface area contributed by atoms with E-state index in [9.17, 15) is 12.8 Å². The second-order valence-electron chi connectivity index (χ2n) is 3.88. The molecule has 0 saturated carbocycles. The maximum Gasteiger partial charge on any atom is 0.268 e. The van der Waals surface area contributed by atoms with Gasteiger partial charge in [0.2, 0.25) is 0 Å². The number of hydrogen-bond acceptors (Lipinski definition) is 4. The van der Waals surface area contributed by atoms with Crippen molar-refractivity contribution in [1.29, 1.82) is 0 Å². The van der Waals surface area contributed by atoms with Gasteiger partial charge in [-0.15, -0.1) is 0 Å². The number of halogens is 2. The molecule has 100 valence electrons. The van der Waals surface area contributed by atoms with Gasteiger partial charge < -0.3 is 5.73 Å². The third-order valence-electron chi connectivity index (χ3n) is 2.55. The van der Waals surface area contributed by atoms with Crippen LogP contribution in [0.3, 0.4) is 0 Å². The van der Waals surface area contributed by atoms with Crippen molar-refractivity contribution >= 4 is 27.3 Å². The van der Waals surface area contributed by atoms with E-state index in [-0.39, 0.29) is 23.9 Å². The Hall–Kier alpha value is -0.890. The van der Waals surface area contributed by atoms with E-state index < -0.39 is 20.7 Å². The fraction of sp³-hybridized carbons (Fsp3) is 0.400. The Kier molecular flexibility index (Phi) is 3.76. The van der Waals surface area contributed by atoms with Crippen molar-refractivity contribution < 1.29 is 17.6 Å². The average molecular weight is 295 g/mol. The quantitative estimate of drug-likeness (QED) is 0.844. The molecule has 2 N–H and O–H groups in total. The SMILES string of the molecule is Nc1cc(Cl)cc(S(=O)(=O)N2CCCCO2)c1F. The summed E-state index contributed by atoms with van der Waals surface area (Å²) in [7, 11) is -4.07. The van der Waals surface area contributed by atoms with Gasteiger partial charge in [-0.1, -0.05) is 16.1 Å². The van der Waals surface area contributed by atoms with Gasteiger partial charge >= 0.3 is 0 Å². The van der Waals surface area contributed by atoms with Gasteiger partial charge in [-0.3, -0.25) is 4.84 Å². The van der Waals surface area contributed by atoms with E-state index in [1.54, 1.807) is 0 Å². The zero-order valence-corrected chi connectivity index (χ0v) is 11.0. The number of nitrogens with zero attached hydrogens (tertiary/aromatic N) is 1. The summed E-state index contributed by atoms with van der Waals surface area (Å²) < 4.78 is 38.9. The normalized spacial score (nSPS) is 17.9. The van der Waals surface area contributed by atoms with Gasteiger partial charge in [0, 0.05) is 11.6 Å². The molecular formula is C10H12ClFN2O3S. The van der Waals surface area contributed by atoms with E-state index in [1.807, 2.05) is 0 Å². The molecule has 0 aromatic heterocycles. The molecule has 1 heterocycles. The standard InChI is InChI=1S/C10H12ClFN2O3S/c11-7-5-8(13)10(12)9(6-7)18(15,16)14-3-1-2-4-17-14/h5-6H,1-4,13H2. The molecule has 1 saturated heterocycles. The van der Waals surface area contributed by atoms with Crippen LogP contribution in [0.4, 0.5) is 10.1 Å². The highest BCUT2D eigenvalue weighted by Gasteiger charge is 2.31. The number of nitrogens with two attached hydrogens (primary N) is 1. The van der Waals surface area contributed by atoms with Crippen LogP contribution in [0.5, 0.6) is 0 Å². The fourth-order valence-corrected chi connectivity index (χ4v) is 3.36. The average Bonchev–Trinajstić information content (AvgIpc) is 2.34. The van der Waals surface area contributed by atoms with E-state index in [4.69, 9.17) is 22.2 Å². The van der Waals surface area contributed by atoms with E-state index in [2.05, 4.69) is 0 Å². The molecule has 1 aromatic rings. The van der Waals surface area contributed by atoms with Crippen molar-refractivity contribution in [2.24, 2.45) is 0 Å². The van der Waals surface area contributed by atoms with E-state index in [0.29, 0.717) is 6.42 Å². The maximum absolute atomic E-state index is 13.8. The maximum atomic E-state index is 13.8. The van der Waals surface area contributed by atoms with Crippen LogP contribution < -0.4 is 5.73 Å². The lowest BCUT2D eigenvalue weighted by atomic mass is 10.3. The van der Waals surface area contributed by atoms with Crippen molar-refractivity contribution in [2.45, 2.75) is 17.7 Å². The lowest BCUT2D eigenvalue weighted by molar-refractivity contribution is -0.109. The van der Waals surface area contributed by atoms with Crippen molar-refractivity contribution in [3.63, 3.8) is 0 Å². The van der Waals surface area contributed by atoms with Gasteiger partial charge in [0.05, 0.1) is 12.3 Å². The fourth-order valence-electron chi connectivity index (χ4n) is 1.65. The van der Waals surface area contributed by atoms with Crippen LogP contribution in [-0.2, 0) is 14.9 Å². The molecule has 0 spiro atoms. The number of benzene rings is 1. The number of rotatable bonds is 2. The van der Waals surface area contributed by atoms with Crippen LogP contribution in [0.25, 0.3) is 0 Å². The molecule has 0 unspecified atom stereocenters. The van der Waals surface area contributed by atoms with Crippen molar-refractivity contribution in [2.75, 3.05) is 18.9 Å². The largest absolute Gasteiger partial charge is 0.396 e. The molecular weight excluding hydrogens is 283 g/mol. The molecule has 0 aliphatic carbocycles. The highest BCUT2D eigenvalue weighted by molar-refractivity contribution is 7.89. The summed E-state index contributed by atoms with van der Waals surface area (Å²) in [5, 5.41) is 0.0597. The van der Waals surface area contributed by atoms with Crippen LogP contribution in [0.15, 0.2) is 17.0 Å². The predicted molar refractivity (Wildman–Crippen MR) is 64.9 cm³/mol. The van der Waals surface area contributed by atoms with E-state index >= 15 is 0 Å². The van der Waals surface area contributed by atoms with Crippen molar-refractivity contribution in [3.05, 3.63) is 23.0 Å². The summed E-state index contributed by atoms with van der Waals surface area (Å²) in [6, 6.07) is 2.19. The summed E-state index contributed by atoms with van der Waals surface area (Å²) in [5.74, 6) is -1.01. The van der Waals surface area contributed by atoms with Crippen LogP contribution in [0.1, 0.15) is 12.8 Å². The Morgan fingerprint density at radius 1 is 1.39 bits per heavy atom. The van der Waals surface area contributed by atoms with Crippen molar-refractivity contribution in [3.8, 4) is 0 Å². The Balaban J connectivity index is 2.46. The van der Waals surface area contributed by atoms with Gasteiger partial charge in [-0.05, 0) is 25.0 Å². The van der Waals surface area contributed by atoms with E-state index in [1.165, 1.54) is 0 Å². The highest BCUT2D eigenvalue weighted by atomic mass is 35.5. The first-order valence-corrected chi connectivity index (χ1v) is 7.15. The molecule has 0 atom stereocenters. The smallest absolute Gasteiger partial charge is 0.268 e. The minimum Gasteiger partial charge on any atom is -0.396 e. The van der Waals surface area contributed by atoms with E-state index in [0.717, 1.165) is 23.0 Å². The molecule has 5 nitrogen and oxygen atoms in total. The third kappa shape index (κ3) is 2.44. The number of anilines is 1. The molecule has 1 fully saturated rings. The second kappa shape index (κ2) is 5.00. The molecule has 8 heteroatoms. The first-order chi connectivity index (χ1) is 8.43. The highest BCUT2D eigenvalue weighted by Crippen LogP contribution is 2.28. The third-order valence-corrected chi connectivity index (χ3v) is 4.44.